The average Bonchev–Trinajstić information content (AvgIpc) is 2.99. The minimum Gasteiger partial charge on any atom is -0.486 e. The molecule has 0 amide bonds. The fraction of sp³-hybridized carbons (Fsp3) is 0.242. The van der Waals surface area contributed by atoms with E-state index in [4.69, 9.17) is 14.2 Å². The first kappa shape index (κ1) is 26.5. The van der Waals surface area contributed by atoms with Crippen molar-refractivity contribution in [1.82, 2.24) is 4.90 Å². The second-order valence-electron chi connectivity index (χ2n) is 9.66. The third kappa shape index (κ3) is 7.25. The molecule has 4 aromatic rings. The predicted molar refractivity (Wildman–Crippen MR) is 149 cm³/mol. The van der Waals surface area contributed by atoms with Gasteiger partial charge in [0.1, 0.15) is 19.8 Å². The Balaban J connectivity index is 1.44. The van der Waals surface area contributed by atoms with E-state index in [1.165, 1.54) is 0 Å². The van der Waals surface area contributed by atoms with Gasteiger partial charge >= 0.3 is 5.97 Å². The topological polar surface area (TPSA) is 68.2 Å². The zero-order chi connectivity index (χ0) is 26.9. The van der Waals surface area contributed by atoms with E-state index in [-0.39, 0.29) is 6.61 Å². The van der Waals surface area contributed by atoms with E-state index in [9.17, 15) is 9.90 Å². The van der Waals surface area contributed by atoms with Gasteiger partial charge in [-0.05, 0) is 40.8 Å². The summed E-state index contributed by atoms with van der Waals surface area (Å²) in [7, 11) is 0. The highest BCUT2D eigenvalue weighted by atomic mass is 16.6. The molecule has 4 aromatic carbocycles. The lowest BCUT2D eigenvalue weighted by Gasteiger charge is -2.34. The molecule has 1 N–H and O–H groups in total. The van der Waals surface area contributed by atoms with Gasteiger partial charge in [0, 0.05) is 13.1 Å². The highest BCUT2D eigenvalue weighted by Gasteiger charge is 2.33. The molecule has 0 radical (unpaired) electrons. The molecule has 6 nitrogen and oxygen atoms in total. The van der Waals surface area contributed by atoms with Gasteiger partial charge in [-0.2, -0.15) is 0 Å². The van der Waals surface area contributed by atoms with Crippen molar-refractivity contribution in [3.8, 4) is 11.5 Å². The first-order valence-electron chi connectivity index (χ1n) is 13.2. The van der Waals surface area contributed by atoms with Crippen LogP contribution in [0.3, 0.4) is 0 Å². The van der Waals surface area contributed by atoms with Crippen LogP contribution >= 0.6 is 0 Å². The molecular weight excluding hydrogens is 490 g/mol. The summed E-state index contributed by atoms with van der Waals surface area (Å²) < 4.78 is 17.1. The summed E-state index contributed by atoms with van der Waals surface area (Å²) in [6, 6.07) is 34.9. The van der Waals surface area contributed by atoms with Crippen molar-refractivity contribution >= 4 is 5.97 Å². The van der Waals surface area contributed by atoms with Crippen molar-refractivity contribution in [2.45, 2.75) is 38.3 Å². The molecule has 1 aliphatic rings. The lowest BCUT2D eigenvalue weighted by atomic mass is 9.97. The van der Waals surface area contributed by atoms with Gasteiger partial charge < -0.3 is 19.3 Å². The van der Waals surface area contributed by atoms with Crippen molar-refractivity contribution < 1.29 is 24.1 Å². The van der Waals surface area contributed by atoms with Gasteiger partial charge in [-0.15, -0.1) is 0 Å². The summed E-state index contributed by atoms with van der Waals surface area (Å²) in [5, 5.41) is 11.5. The summed E-state index contributed by atoms with van der Waals surface area (Å²) in [4.78, 5) is 15.4. The van der Waals surface area contributed by atoms with Crippen LogP contribution in [0.5, 0.6) is 11.5 Å². The number of ether oxygens (including phenoxy) is 3. The van der Waals surface area contributed by atoms with Gasteiger partial charge in [0.25, 0.3) is 0 Å². The standard InChI is InChI=1S/C33H33NO5/c35-32(33(36)39-24-27-14-8-3-9-15-27)29(20-28-16-17-30-31(21-28)38-19-18-37-30)34(22-25-10-4-1-5-11-25)23-26-12-6-2-7-13-26/h1-17,21,29,32,35H,18-20,22-24H2. The monoisotopic (exact) mass is 523 g/mol. The van der Waals surface area contributed by atoms with Gasteiger partial charge in [0.05, 0.1) is 6.04 Å². The first-order valence-corrected chi connectivity index (χ1v) is 13.2. The van der Waals surface area contributed by atoms with Crippen LogP contribution in [0.25, 0.3) is 0 Å². The molecule has 0 aromatic heterocycles. The van der Waals surface area contributed by atoms with Crippen LogP contribution in [0.15, 0.2) is 109 Å². The number of aliphatic hydroxyl groups excluding tert-OH is 1. The fourth-order valence-electron chi connectivity index (χ4n) is 4.79. The number of benzene rings is 4. The Morgan fingerprint density at radius 2 is 1.26 bits per heavy atom. The number of carbonyl (C=O) groups excluding carboxylic acids is 1. The molecule has 2 atom stereocenters. The minimum atomic E-state index is -1.37. The minimum absolute atomic E-state index is 0.102. The van der Waals surface area contributed by atoms with Crippen LogP contribution in [-0.2, 0) is 35.6 Å². The summed E-state index contributed by atoms with van der Waals surface area (Å²) in [5.74, 6) is 0.735. The van der Waals surface area contributed by atoms with Gasteiger partial charge in [0.15, 0.2) is 17.6 Å². The molecular formula is C33H33NO5. The van der Waals surface area contributed by atoms with E-state index in [1.807, 2.05) is 84.9 Å². The Morgan fingerprint density at radius 1 is 0.718 bits per heavy atom. The zero-order valence-corrected chi connectivity index (χ0v) is 21.8. The van der Waals surface area contributed by atoms with Gasteiger partial charge in [-0.1, -0.05) is 97.1 Å². The van der Waals surface area contributed by atoms with Crippen LogP contribution in [0.4, 0.5) is 0 Å². The van der Waals surface area contributed by atoms with Crippen molar-refractivity contribution in [3.05, 3.63) is 131 Å². The highest BCUT2D eigenvalue weighted by Crippen LogP contribution is 2.32. The smallest absolute Gasteiger partial charge is 0.336 e. The Bertz CT molecular complexity index is 1290. The molecule has 6 heteroatoms. The molecule has 2 unspecified atom stereocenters. The van der Waals surface area contributed by atoms with E-state index >= 15 is 0 Å². The molecule has 0 saturated heterocycles. The van der Waals surface area contributed by atoms with Crippen molar-refractivity contribution in [3.63, 3.8) is 0 Å². The SMILES string of the molecule is O=C(OCc1ccccc1)C(O)C(Cc1ccc2c(c1)OCCO2)N(Cc1ccccc1)Cc1ccccc1. The summed E-state index contributed by atoms with van der Waals surface area (Å²) >= 11 is 0. The maximum absolute atomic E-state index is 13.2. The van der Waals surface area contributed by atoms with E-state index in [0.717, 1.165) is 22.3 Å². The summed E-state index contributed by atoms with van der Waals surface area (Å²) in [6.45, 7) is 2.21. The van der Waals surface area contributed by atoms with E-state index < -0.39 is 18.1 Å². The molecule has 1 heterocycles. The number of fused-ring (bicyclic) bond motifs is 1. The molecule has 0 saturated carbocycles. The van der Waals surface area contributed by atoms with Gasteiger partial charge in [-0.25, -0.2) is 4.79 Å². The Hall–Kier alpha value is -4.13. The quantitative estimate of drug-likeness (QED) is 0.274. The van der Waals surface area contributed by atoms with Crippen LogP contribution in [0, 0.1) is 0 Å². The van der Waals surface area contributed by atoms with E-state index in [0.29, 0.717) is 44.2 Å². The Kier molecular flexibility index (Phi) is 8.89. The molecule has 0 aliphatic carbocycles. The third-order valence-electron chi connectivity index (χ3n) is 6.81. The normalized spacial score (nSPS) is 14.0. The van der Waals surface area contributed by atoms with E-state index in [1.54, 1.807) is 0 Å². The largest absolute Gasteiger partial charge is 0.486 e. The number of hydrogen-bond acceptors (Lipinski definition) is 6. The van der Waals surface area contributed by atoms with Gasteiger partial charge in [0.2, 0.25) is 0 Å². The second-order valence-corrected chi connectivity index (χ2v) is 9.66. The molecule has 0 spiro atoms. The van der Waals surface area contributed by atoms with Crippen LogP contribution < -0.4 is 9.47 Å². The lowest BCUT2D eigenvalue weighted by Crippen LogP contribution is -2.48. The predicted octanol–water partition coefficient (Wildman–Crippen LogP) is 5.18. The maximum Gasteiger partial charge on any atom is 0.336 e. The number of carbonyl (C=O) groups is 1. The van der Waals surface area contributed by atoms with Gasteiger partial charge in [-0.3, -0.25) is 4.90 Å². The third-order valence-corrected chi connectivity index (χ3v) is 6.81. The number of hydrogen-bond donors (Lipinski definition) is 1. The van der Waals surface area contributed by atoms with Crippen LogP contribution in [0.2, 0.25) is 0 Å². The maximum atomic E-state index is 13.2. The Morgan fingerprint density at radius 3 is 1.85 bits per heavy atom. The molecule has 39 heavy (non-hydrogen) atoms. The number of rotatable bonds is 11. The van der Waals surface area contributed by atoms with Crippen LogP contribution in [-0.4, -0.2) is 41.3 Å². The molecule has 0 bridgehead atoms. The van der Waals surface area contributed by atoms with Crippen molar-refractivity contribution in [1.29, 1.82) is 0 Å². The zero-order valence-electron chi connectivity index (χ0n) is 21.8. The lowest BCUT2D eigenvalue weighted by molar-refractivity contribution is -0.159. The van der Waals surface area contributed by atoms with Crippen molar-refractivity contribution in [2.24, 2.45) is 0 Å². The molecule has 1 aliphatic heterocycles. The second kappa shape index (κ2) is 13.1. The number of nitrogens with zero attached hydrogens (tertiary/aromatic N) is 1. The summed E-state index contributed by atoms with van der Waals surface area (Å²) in [5.41, 5.74) is 3.98. The number of esters is 1. The first-order chi connectivity index (χ1) is 19.2. The molecule has 0 fully saturated rings. The van der Waals surface area contributed by atoms with Crippen LogP contribution in [0.1, 0.15) is 22.3 Å². The average molecular weight is 524 g/mol. The fourth-order valence-corrected chi connectivity index (χ4v) is 4.79. The highest BCUT2D eigenvalue weighted by molar-refractivity contribution is 5.75. The molecule has 200 valence electrons. The molecule has 5 rings (SSSR count). The van der Waals surface area contributed by atoms with E-state index in [2.05, 4.69) is 29.2 Å². The number of aliphatic hydroxyl groups is 1. The summed E-state index contributed by atoms with van der Waals surface area (Å²) in [6.07, 6.45) is -0.952. The van der Waals surface area contributed by atoms with Crippen molar-refractivity contribution in [2.75, 3.05) is 13.2 Å². The Labute approximate surface area is 229 Å².